The highest BCUT2D eigenvalue weighted by Crippen LogP contribution is 2.38. The number of likely N-dealkylation sites (tertiary alicyclic amines) is 1. The number of methoxy groups -OCH3 is 1. The number of esters is 1. The molecule has 0 bridgehead atoms. The Labute approximate surface area is 241 Å². The van der Waals surface area contributed by atoms with Crippen LogP contribution < -0.4 is 5.32 Å². The second kappa shape index (κ2) is 11.4. The third-order valence-corrected chi connectivity index (χ3v) is 7.55. The molecular weight excluding hydrogens is 582 g/mol. The average molecular weight is 609 g/mol. The highest BCUT2D eigenvalue weighted by Gasteiger charge is 2.38. The average Bonchev–Trinajstić information content (AvgIpc) is 3.39. The summed E-state index contributed by atoms with van der Waals surface area (Å²) < 4.78 is 84.1. The van der Waals surface area contributed by atoms with Crippen molar-refractivity contribution in [3.8, 4) is 0 Å². The van der Waals surface area contributed by atoms with Crippen molar-refractivity contribution in [2.24, 2.45) is 0 Å². The van der Waals surface area contributed by atoms with Gasteiger partial charge >= 0.3 is 18.3 Å². The van der Waals surface area contributed by atoms with Gasteiger partial charge in [-0.3, -0.25) is 9.69 Å². The normalized spacial score (nSPS) is 19.2. The number of aromatic nitrogens is 3. The third kappa shape index (κ3) is 6.55. The number of hydrogen-bond donors (Lipinski definition) is 1. The summed E-state index contributed by atoms with van der Waals surface area (Å²) in [6.07, 6.45) is -5.75. The fourth-order valence-electron chi connectivity index (χ4n) is 5.38. The first kappa shape index (κ1) is 30.2. The molecule has 15 heteroatoms. The van der Waals surface area contributed by atoms with Crippen LogP contribution in [0.5, 0.6) is 0 Å². The van der Waals surface area contributed by atoms with E-state index >= 15 is 0 Å². The molecule has 0 spiro atoms. The highest BCUT2D eigenvalue weighted by atomic mass is 19.4. The van der Waals surface area contributed by atoms with Crippen molar-refractivity contribution in [2.45, 2.75) is 57.3 Å². The number of anilines is 2. The number of carbonyl (C=O) groups excluding carboxylic acids is 2. The number of ether oxygens (including phenoxy) is 1. The quantitative estimate of drug-likeness (QED) is 0.302. The van der Waals surface area contributed by atoms with Crippen LogP contribution in [0.25, 0.3) is 0 Å². The first-order valence-electron chi connectivity index (χ1n) is 13.2. The van der Waals surface area contributed by atoms with Gasteiger partial charge in [0.15, 0.2) is 0 Å². The second-order valence-electron chi connectivity index (χ2n) is 10.4. The van der Waals surface area contributed by atoms with Crippen molar-refractivity contribution in [1.82, 2.24) is 24.8 Å². The Morgan fingerprint density at radius 3 is 2.33 bits per heavy atom. The molecule has 2 aliphatic heterocycles. The molecular formula is C28H26F6N6O3. The number of hydrogen-bond acceptors (Lipinski definition) is 8. The van der Waals surface area contributed by atoms with Crippen LogP contribution in [0.15, 0.2) is 42.7 Å². The van der Waals surface area contributed by atoms with Gasteiger partial charge in [-0.05, 0) is 50.1 Å². The molecule has 0 radical (unpaired) electrons. The Bertz CT molecular complexity index is 1510. The van der Waals surface area contributed by atoms with Crippen LogP contribution in [0, 0.1) is 0 Å². The van der Waals surface area contributed by atoms with Crippen molar-refractivity contribution in [3.05, 3.63) is 76.4 Å². The van der Waals surface area contributed by atoms with E-state index in [0.29, 0.717) is 55.9 Å². The molecule has 1 fully saturated rings. The smallest absolute Gasteiger partial charge is 0.416 e. The number of nitrogens with zero attached hydrogens (tertiary/aromatic N) is 5. The SMILES string of the molecule is COC(=O)c1cc(C(=O)N2CC[C@H](N3Cc4cnc(Nc5cc(C(F)(F)F)cc(C(F)(F)F)c5)nc4C3)C[C@H]2C)ccn1. The van der Waals surface area contributed by atoms with Gasteiger partial charge in [0, 0.05) is 60.9 Å². The molecule has 1 amide bonds. The molecule has 1 saturated heterocycles. The predicted molar refractivity (Wildman–Crippen MR) is 140 cm³/mol. The number of fused-ring (bicyclic) bond motifs is 1. The van der Waals surface area contributed by atoms with Gasteiger partial charge in [0.1, 0.15) is 5.69 Å². The number of alkyl halides is 6. The van der Waals surface area contributed by atoms with Crippen LogP contribution in [0.2, 0.25) is 0 Å². The molecule has 0 unspecified atom stereocenters. The van der Waals surface area contributed by atoms with Gasteiger partial charge in [-0.15, -0.1) is 0 Å². The minimum absolute atomic E-state index is 0.0366. The number of piperidine rings is 1. The van der Waals surface area contributed by atoms with E-state index < -0.39 is 35.1 Å². The topological polar surface area (TPSA) is 101 Å². The van der Waals surface area contributed by atoms with E-state index in [9.17, 15) is 35.9 Å². The molecule has 0 aliphatic carbocycles. The van der Waals surface area contributed by atoms with Crippen LogP contribution in [0.4, 0.5) is 38.0 Å². The summed E-state index contributed by atoms with van der Waals surface area (Å²) in [5, 5.41) is 2.49. The lowest BCUT2D eigenvalue weighted by atomic mass is 9.96. The lowest BCUT2D eigenvalue weighted by Gasteiger charge is -2.41. The molecule has 2 atom stereocenters. The number of halogens is 6. The van der Waals surface area contributed by atoms with Crippen LogP contribution in [-0.4, -0.2) is 62.4 Å². The van der Waals surface area contributed by atoms with Crippen LogP contribution in [0.1, 0.15) is 63.0 Å². The summed E-state index contributed by atoms with van der Waals surface area (Å²) in [7, 11) is 1.23. The number of carbonyl (C=O) groups is 2. The zero-order chi connectivity index (χ0) is 31.1. The maximum absolute atomic E-state index is 13.2. The van der Waals surface area contributed by atoms with Crippen LogP contribution in [-0.2, 0) is 30.2 Å². The standard InChI is InChI=1S/C28H26F6N6O3/c1-15-7-21(4-6-40(15)24(41)16-3-5-35-22(8-16)25(42)43-2)39-13-17-12-36-26(38-23(17)14-39)37-20-10-18(27(29,30)31)9-19(11-20)28(32,33)34/h3,5,8-12,15,21H,4,6-7,13-14H2,1-2H3,(H,36,37,38)/t15-,21+/m1/s1. The maximum atomic E-state index is 13.2. The molecule has 1 aromatic carbocycles. The maximum Gasteiger partial charge on any atom is 0.416 e. The van der Waals surface area contributed by atoms with Gasteiger partial charge in [0.2, 0.25) is 5.95 Å². The van der Waals surface area contributed by atoms with E-state index in [-0.39, 0.29) is 35.7 Å². The van der Waals surface area contributed by atoms with Crippen molar-refractivity contribution < 1.29 is 40.7 Å². The number of benzene rings is 1. The van der Waals surface area contributed by atoms with Crippen molar-refractivity contribution in [2.75, 3.05) is 19.0 Å². The zero-order valence-electron chi connectivity index (χ0n) is 23.0. The van der Waals surface area contributed by atoms with Gasteiger partial charge in [0.05, 0.1) is 23.9 Å². The summed E-state index contributed by atoms with van der Waals surface area (Å²) in [6.45, 7) is 3.31. The molecule has 228 valence electrons. The lowest BCUT2D eigenvalue weighted by molar-refractivity contribution is -0.143. The molecule has 2 aromatic heterocycles. The first-order valence-corrected chi connectivity index (χ1v) is 13.2. The van der Waals surface area contributed by atoms with Crippen molar-refractivity contribution in [1.29, 1.82) is 0 Å². The summed E-state index contributed by atoms with van der Waals surface area (Å²) in [6, 6.07) is 4.12. The van der Waals surface area contributed by atoms with Gasteiger partial charge in [-0.25, -0.2) is 19.7 Å². The molecule has 1 N–H and O–H groups in total. The Hall–Kier alpha value is -4.27. The third-order valence-electron chi connectivity index (χ3n) is 7.55. The van der Waals surface area contributed by atoms with E-state index in [1.165, 1.54) is 31.6 Å². The molecule has 9 nitrogen and oxygen atoms in total. The first-order chi connectivity index (χ1) is 20.2. The van der Waals surface area contributed by atoms with Crippen LogP contribution in [0.3, 0.4) is 0 Å². The molecule has 0 saturated carbocycles. The minimum atomic E-state index is -4.97. The number of amides is 1. The number of nitrogens with one attached hydrogen (secondary N) is 1. The Balaban J connectivity index is 1.25. The van der Waals surface area contributed by atoms with Gasteiger partial charge < -0.3 is 15.0 Å². The van der Waals surface area contributed by atoms with E-state index in [2.05, 4.69) is 29.9 Å². The monoisotopic (exact) mass is 608 g/mol. The van der Waals surface area contributed by atoms with Crippen LogP contribution >= 0.6 is 0 Å². The number of rotatable bonds is 5. The Morgan fingerprint density at radius 2 is 1.70 bits per heavy atom. The van der Waals surface area contributed by atoms with E-state index in [1.807, 2.05) is 6.92 Å². The predicted octanol–water partition coefficient (Wildman–Crippen LogP) is 5.45. The zero-order valence-corrected chi connectivity index (χ0v) is 23.0. The summed E-state index contributed by atoms with van der Waals surface area (Å²) >= 11 is 0. The van der Waals surface area contributed by atoms with Gasteiger partial charge in [0.25, 0.3) is 5.91 Å². The fraction of sp³-hybridized carbons (Fsp3) is 0.393. The second-order valence-corrected chi connectivity index (χ2v) is 10.4. The minimum Gasteiger partial charge on any atom is -0.464 e. The van der Waals surface area contributed by atoms with Gasteiger partial charge in [-0.2, -0.15) is 26.3 Å². The van der Waals surface area contributed by atoms with E-state index in [4.69, 9.17) is 0 Å². The summed E-state index contributed by atoms with van der Waals surface area (Å²) in [5.41, 5.74) is -1.55. The largest absolute Gasteiger partial charge is 0.464 e. The van der Waals surface area contributed by atoms with Crippen molar-refractivity contribution in [3.63, 3.8) is 0 Å². The molecule has 2 aliphatic rings. The number of pyridine rings is 1. The van der Waals surface area contributed by atoms with E-state index in [0.717, 1.165) is 5.56 Å². The molecule has 4 heterocycles. The van der Waals surface area contributed by atoms with Crippen molar-refractivity contribution >= 4 is 23.5 Å². The summed E-state index contributed by atoms with van der Waals surface area (Å²) in [5.74, 6) is -0.990. The highest BCUT2D eigenvalue weighted by molar-refractivity contribution is 5.97. The molecule has 3 aromatic rings. The van der Waals surface area contributed by atoms with Gasteiger partial charge in [-0.1, -0.05) is 0 Å². The molecule has 5 rings (SSSR count). The molecule has 43 heavy (non-hydrogen) atoms. The lowest BCUT2D eigenvalue weighted by Crippen LogP contribution is -2.50. The Morgan fingerprint density at radius 1 is 1.00 bits per heavy atom. The summed E-state index contributed by atoms with van der Waals surface area (Å²) in [4.78, 5) is 41.3. The fourth-order valence-corrected chi connectivity index (χ4v) is 5.38. The Kier molecular flexibility index (Phi) is 8.03. The van der Waals surface area contributed by atoms with E-state index in [1.54, 1.807) is 4.90 Å².